The number of urea groups is 1. The summed E-state index contributed by atoms with van der Waals surface area (Å²) < 4.78 is 39.2. The highest BCUT2D eigenvalue weighted by Crippen LogP contribution is 2.36. The summed E-state index contributed by atoms with van der Waals surface area (Å²) in [4.78, 5) is 14.1. The molecular formula is C18H17F3N2O2. The van der Waals surface area contributed by atoms with Crippen molar-refractivity contribution in [2.24, 2.45) is 0 Å². The van der Waals surface area contributed by atoms with Crippen LogP contribution in [-0.2, 0) is 6.18 Å². The average molecular weight is 350 g/mol. The molecule has 0 aromatic heterocycles. The summed E-state index contributed by atoms with van der Waals surface area (Å²) in [6, 6.07) is 10.6. The largest absolute Gasteiger partial charge is 0.508 e. The van der Waals surface area contributed by atoms with Gasteiger partial charge < -0.3 is 15.3 Å². The second-order valence-corrected chi connectivity index (χ2v) is 5.92. The fourth-order valence-corrected chi connectivity index (χ4v) is 3.08. The van der Waals surface area contributed by atoms with Crippen LogP contribution in [0.2, 0.25) is 0 Å². The highest BCUT2D eigenvalue weighted by molar-refractivity contribution is 5.90. The number of nitrogens with one attached hydrogen (secondary N) is 1. The van der Waals surface area contributed by atoms with Crippen LogP contribution in [0.25, 0.3) is 0 Å². The number of phenolic OH excluding ortho intramolecular Hbond substituents is 1. The maximum atomic E-state index is 13.1. The monoisotopic (exact) mass is 350 g/mol. The van der Waals surface area contributed by atoms with E-state index in [1.54, 1.807) is 12.1 Å². The van der Waals surface area contributed by atoms with Crippen molar-refractivity contribution in [2.45, 2.75) is 25.1 Å². The van der Waals surface area contributed by atoms with Crippen LogP contribution in [-0.4, -0.2) is 22.6 Å². The van der Waals surface area contributed by atoms with Crippen molar-refractivity contribution < 1.29 is 23.1 Å². The lowest BCUT2D eigenvalue weighted by Crippen LogP contribution is -2.35. The maximum absolute atomic E-state index is 13.1. The van der Waals surface area contributed by atoms with E-state index in [2.05, 4.69) is 5.32 Å². The smallest absolute Gasteiger partial charge is 0.418 e. The van der Waals surface area contributed by atoms with E-state index in [9.17, 15) is 23.1 Å². The molecule has 7 heteroatoms. The number of amides is 2. The first kappa shape index (κ1) is 17.1. The molecule has 25 heavy (non-hydrogen) atoms. The third-order valence-corrected chi connectivity index (χ3v) is 4.27. The lowest BCUT2D eigenvalue weighted by molar-refractivity contribution is -0.136. The normalized spacial score (nSPS) is 17.6. The predicted molar refractivity (Wildman–Crippen MR) is 87.3 cm³/mol. The molecule has 0 aliphatic carbocycles. The zero-order valence-electron chi connectivity index (χ0n) is 13.3. The molecule has 2 aromatic rings. The minimum Gasteiger partial charge on any atom is -0.508 e. The molecule has 3 rings (SSSR count). The number of hydrogen-bond donors (Lipinski definition) is 2. The molecule has 4 nitrogen and oxygen atoms in total. The van der Waals surface area contributed by atoms with Crippen LogP contribution in [0.5, 0.6) is 5.75 Å². The van der Waals surface area contributed by atoms with Gasteiger partial charge in [-0.1, -0.05) is 24.3 Å². The van der Waals surface area contributed by atoms with Gasteiger partial charge in [0.2, 0.25) is 0 Å². The van der Waals surface area contributed by atoms with Crippen LogP contribution in [0.3, 0.4) is 0 Å². The fourth-order valence-electron chi connectivity index (χ4n) is 3.08. The van der Waals surface area contributed by atoms with Crippen molar-refractivity contribution in [2.75, 3.05) is 11.9 Å². The molecule has 1 atom stereocenters. The number of benzene rings is 2. The second-order valence-electron chi connectivity index (χ2n) is 5.92. The molecule has 0 spiro atoms. The number of aromatic hydroxyl groups is 1. The topological polar surface area (TPSA) is 52.6 Å². The van der Waals surface area contributed by atoms with Gasteiger partial charge in [0.1, 0.15) is 5.75 Å². The highest BCUT2D eigenvalue weighted by Gasteiger charge is 2.35. The van der Waals surface area contributed by atoms with Gasteiger partial charge in [-0.15, -0.1) is 0 Å². The average Bonchev–Trinajstić information content (AvgIpc) is 3.05. The molecule has 1 aliphatic rings. The summed E-state index contributed by atoms with van der Waals surface area (Å²) >= 11 is 0. The van der Waals surface area contributed by atoms with E-state index in [-0.39, 0.29) is 17.5 Å². The lowest BCUT2D eigenvalue weighted by Gasteiger charge is -2.26. The number of carbonyl (C=O) groups is 1. The van der Waals surface area contributed by atoms with Crippen molar-refractivity contribution in [1.29, 1.82) is 0 Å². The van der Waals surface area contributed by atoms with Crippen LogP contribution in [0.15, 0.2) is 48.5 Å². The minimum absolute atomic E-state index is 0.122. The molecule has 1 fully saturated rings. The Bertz CT molecular complexity index is 760. The van der Waals surface area contributed by atoms with Gasteiger partial charge >= 0.3 is 12.2 Å². The van der Waals surface area contributed by atoms with Crippen molar-refractivity contribution in [1.82, 2.24) is 4.90 Å². The Morgan fingerprint density at radius 1 is 1.12 bits per heavy atom. The number of likely N-dealkylation sites (tertiary alicyclic amines) is 1. The van der Waals surface area contributed by atoms with Gasteiger partial charge in [-0.2, -0.15) is 13.2 Å². The molecule has 0 bridgehead atoms. The van der Waals surface area contributed by atoms with Crippen LogP contribution >= 0.6 is 0 Å². The van der Waals surface area contributed by atoms with Gasteiger partial charge in [0.25, 0.3) is 0 Å². The number of halogens is 3. The molecule has 1 aliphatic heterocycles. The van der Waals surface area contributed by atoms with Crippen molar-refractivity contribution in [3.8, 4) is 5.75 Å². The number of nitrogens with zero attached hydrogens (tertiary/aromatic N) is 1. The van der Waals surface area contributed by atoms with Crippen LogP contribution in [0.1, 0.15) is 30.0 Å². The summed E-state index contributed by atoms with van der Waals surface area (Å²) in [5, 5.41) is 11.8. The second kappa shape index (κ2) is 6.66. The van der Waals surface area contributed by atoms with Gasteiger partial charge in [-0.05, 0) is 42.7 Å². The fraction of sp³-hybridized carbons (Fsp3) is 0.278. The van der Waals surface area contributed by atoms with Crippen LogP contribution in [0.4, 0.5) is 23.7 Å². The number of hydrogen-bond acceptors (Lipinski definition) is 2. The number of anilines is 1. The van der Waals surface area contributed by atoms with E-state index < -0.39 is 17.8 Å². The Hall–Kier alpha value is -2.70. The Kier molecular flexibility index (Phi) is 4.57. The number of phenols is 1. The van der Waals surface area contributed by atoms with E-state index >= 15 is 0 Å². The Morgan fingerprint density at radius 2 is 1.80 bits per heavy atom. The molecule has 1 saturated heterocycles. The molecule has 0 saturated carbocycles. The molecule has 1 heterocycles. The maximum Gasteiger partial charge on any atom is 0.418 e. The van der Waals surface area contributed by atoms with E-state index in [1.165, 1.54) is 35.2 Å². The third kappa shape index (κ3) is 3.70. The van der Waals surface area contributed by atoms with E-state index in [4.69, 9.17) is 0 Å². The van der Waals surface area contributed by atoms with E-state index in [0.717, 1.165) is 24.5 Å². The summed E-state index contributed by atoms with van der Waals surface area (Å²) in [5.74, 6) is 0.122. The molecule has 2 N–H and O–H groups in total. The summed E-state index contributed by atoms with van der Waals surface area (Å²) in [6.07, 6.45) is -3.05. The Labute approximate surface area is 142 Å². The minimum atomic E-state index is -4.54. The predicted octanol–water partition coefficient (Wildman–Crippen LogP) is 4.78. The Balaban J connectivity index is 1.80. The first-order valence-electron chi connectivity index (χ1n) is 7.89. The van der Waals surface area contributed by atoms with Crippen LogP contribution < -0.4 is 5.32 Å². The van der Waals surface area contributed by atoms with Gasteiger partial charge in [-0.3, -0.25) is 0 Å². The summed E-state index contributed by atoms with van der Waals surface area (Å²) in [7, 11) is 0. The highest BCUT2D eigenvalue weighted by atomic mass is 19.4. The molecule has 132 valence electrons. The first-order chi connectivity index (χ1) is 11.9. The Morgan fingerprint density at radius 3 is 2.48 bits per heavy atom. The molecular weight excluding hydrogens is 333 g/mol. The number of alkyl halides is 3. The summed E-state index contributed by atoms with van der Waals surface area (Å²) in [6.45, 7) is 0.464. The number of carbonyl (C=O) groups excluding carboxylic acids is 1. The zero-order chi connectivity index (χ0) is 18.0. The number of rotatable bonds is 2. The molecule has 0 unspecified atom stereocenters. The van der Waals surface area contributed by atoms with Gasteiger partial charge in [0.05, 0.1) is 17.3 Å². The van der Waals surface area contributed by atoms with Gasteiger partial charge in [0.15, 0.2) is 0 Å². The number of para-hydroxylation sites is 1. The quantitative estimate of drug-likeness (QED) is 0.819. The zero-order valence-corrected chi connectivity index (χ0v) is 13.3. The standard InChI is InChI=1S/C18H17F3N2O2/c19-18(20,21)14-4-1-2-5-15(14)22-17(25)23-11-3-6-16(23)12-7-9-13(24)10-8-12/h1-2,4-5,7-10,16,24H,3,6,11H2,(H,22,25)/t16-/m0/s1. The van der Waals surface area contributed by atoms with Crippen molar-refractivity contribution in [3.63, 3.8) is 0 Å². The van der Waals surface area contributed by atoms with Gasteiger partial charge in [0, 0.05) is 6.54 Å². The van der Waals surface area contributed by atoms with Gasteiger partial charge in [-0.25, -0.2) is 4.79 Å². The third-order valence-electron chi connectivity index (χ3n) is 4.27. The molecule has 2 aromatic carbocycles. The van der Waals surface area contributed by atoms with E-state index in [0.29, 0.717) is 6.54 Å². The lowest BCUT2D eigenvalue weighted by atomic mass is 10.0. The SMILES string of the molecule is O=C(Nc1ccccc1C(F)(F)F)N1CCC[C@H]1c1ccc(O)cc1. The first-order valence-corrected chi connectivity index (χ1v) is 7.89. The van der Waals surface area contributed by atoms with Crippen molar-refractivity contribution >= 4 is 11.7 Å². The molecule has 2 amide bonds. The van der Waals surface area contributed by atoms with Crippen molar-refractivity contribution in [3.05, 3.63) is 59.7 Å². The summed E-state index contributed by atoms with van der Waals surface area (Å²) in [5.41, 5.74) is -0.283. The molecule has 0 radical (unpaired) electrons. The van der Waals surface area contributed by atoms with Crippen LogP contribution in [0, 0.1) is 0 Å². The van der Waals surface area contributed by atoms with E-state index in [1.807, 2.05) is 0 Å².